The van der Waals surface area contributed by atoms with Gasteiger partial charge in [-0.25, -0.2) is 4.98 Å². The highest BCUT2D eigenvalue weighted by molar-refractivity contribution is 5.83. The van der Waals surface area contributed by atoms with Crippen LogP contribution in [0.1, 0.15) is 18.6 Å². The molecule has 0 saturated heterocycles. The smallest absolute Gasteiger partial charge is 0.176 e. The number of furan rings is 1. The first kappa shape index (κ1) is 16.2. The van der Waals surface area contributed by atoms with Crippen LogP contribution in [0.3, 0.4) is 0 Å². The van der Waals surface area contributed by atoms with Crippen molar-refractivity contribution in [2.75, 3.05) is 7.11 Å². The molecule has 3 atom stereocenters. The van der Waals surface area contributed by atoms with Gasteiger partial charge in [0.2, 0.25) is 0 Å². The molecule has 0 aliphatic heterocycles. The average molecular weight is 341 g/mol. The molecular formula is C19H23N3O3. The lowest BCUT2D eigenvalue weighted by Crippen LogP contribution is -2.35. The number of nitrogens with one attached hydrogen (secondary N) is 1. The number of hydrogen-bond donors (Lipinski definition) is 2. The number of ether oxygens (including phenoxy) is 1. The van der Waals surface area contributed by atoms with E-state index in [1.165, 1.54) is 0 Å². The molecule has 1 unspecified atom stereocenters. The van der Waals surface area contributed by atoms with Crippen LogP contribution in [0, 0.1) is 5.92 Å². The van der Waals surface area contributed by atoms with Crippen LogP contribution in [-0.2, 0) is 13.1 Å². The summed E-state index contributed by atoms with van der Waals surface area (Å²) in [6.45, 7) is 1.49. The van der Waals surface area contributed by atoms with Gasteiger partial charge in [-0.15, -0.1) is 0 Å². The quantitative estimate of drug-likeness (QED) is 0.721. The normalized spacial score (nSPS) is 23.4. The maximum absolute atomic E-state index is 10.3. The molecule has 132 valence electrons. The van der Waals surface area contributed by atoms with E-state index in [-0.39, 0.29) is 12.1 Å². The van der Waals surface area contributed by atoms with Gasteiger partial charge >= 0.3 is 0 Å². The summed E-state index contributed by atoms with van der Waals surface area (Å²) in [6, 6.07) is 7.97. The zero-order chi connectivity index (χ0) is 17.2. The fourth-order valence-electron chi connectivity index (χ4n) is 3.75. The van der Waals surface area contributed by atoms with Crippen LogP contribution in [-0.4, -0.2) is 33.9 Å². The van der Waals surface area contributed by atoms with Crippen molar-refractivity contribution in [3.05, 3.63) is 48.7 Å². The van der Waals surface area contributed by atoms with Gasteiger partial charge in [0.25, 0.3) is 0 Å². The third kappa shape index (κ3) is 3.41. The van der Waals surface area contributed by atoms with Gasteiger partial charge in [0.1, 0.15) is 5.76 Å². The number of aliphatic hydroxyl groups is 1. The molecule has 6 nitrogen and oxygen atoms in total. The van der Waals surface area contributed by atoms with Crippen molar-refractivity contribution in [1.82, 2.24) is 14.9 Å². The summed E-state index contributed by atoms with van der Waals surface area (Å²) in [6.07, 6.45) is 7.01. The minimum absolute atomic E-state index is 0.0867. The van der Waals surface area contributed by atoms with Crippen LogP contribution in [0.2, 0.25) is 0 Å². The van der Waals surface area contributed by atoms with Crippen LogP contribution in [0.4, 0.5) is 0 Å². The number of imidazole rings is 1. The topological polar surface area (TPSA) is 72.5 Å². The van der Waals surface area contributed by atoms with Crippen molar-refractivity contribution in [2.24, 2.45) is 5.92 Å². The van der Waals surface area contributed by atoms with E-state index in [2.05, 4.69) is 14.9 Å². The maximum Gasteiger partial charge on any atom is 0.176 e. The Kier molecular flexibility index (Phi) is 4.46. The summed E-state index contributed by atoms with van der Waals surface area (Å²) >= 11 is 0. The third-order valence-electron chi connectivity index (χ3n) is 4.97. The molecule has 2 aromatic heterocycles. The van der Waals surface area contributed by atoms with E-state index in [4.69, 9.17) is 9.15 Å². The second-order valence-electron chi connectivity index (χ2n) is 6.74. The number of aliphatic hydroxyl groups excluding tert-OH is 1. The molecule has 0 amide bonds. The highest BCUT2D eigenvalue weighted by Gasteiger charge is 2.32. The molecule has 2 N–H and O–H groups in total. The van der Waals surface area contributed by atoms with Crippen LogP contribution in [0.15, 0.2) is 47.4 Å². The zero-order valence-electron chi connectivity index (χ0n) is 14.3. The summed E-state index contributed by atoms with van der Waals surface area (Å²) in [5, 5.41) is 14.8. The first-order chi connectivity index (χ1) is 12.2. The van der Waals surface area contributed by atoms with Gasteiger partial charge in [0.15, 0.2) is 11.3 Å². The molecule has 0 bridgehead atoms. The summed E-state index contributed by atoms with van der Waals surface area (Å²) < 4.78 is 13.3. The molecular weight excluding hydrogens is 318 g/mol. The molecule has 4 rings (SSSR count). The molecule has 0 radical (unpaired) electrons. The molecule has 2 heterocycles. The van der Waals surface area contributed by atoms with Crippen LogP contribution in [0.25, 0.3) is 11.0 Å². The minimum atomic E-state index is -0.326. The number of aromatic nitrogens is 2. The SMILES string of the molecule is COc1cccc2cc(CN[C@@H]3CC(Cn4ccnc4)C[C@H]3O)oc12. The predicted octanol–water partition coefficient (Wildman–Crippen LogP) is 2.57. The van der Waals surface area contributed by atoms with E-state index >= 15 is 0 Å². The Hall–Kier alpha value is -2.31. The molecule has 6 heteroatoms. The number of fused-ring (bicyclic) bond motifs is 1. The Bertz CT molecular complexity index is 828. The lowest BCUT2D eigenvalue weighted by Gasteiger charge is -2.15. The van der Waals surface area contributed by atoms with Crippen molar-refractivity contribution in [1.29, 1.82) is 0 Å². The third-order valence-corrected chi connectivity index (χ3v) is 4.97. The van der Waals surface area contributed by atoms with Crippen LogP contribution < -0.4 is 10.1 Å². The minimum Gasteiger partial charge on any atom is -0.493 e. The second-order valence-corrected chi connectivity index (χ2v) is 6.74. The van der Waals surface area contributed by atoms with Crippen LogP contribution >= 0.6 is 0 Å². The molecule has 3 aromatic rings. The monoisotopic (exact) mass is 341 g/mol. The summed E-state index contributed by atoms with van der Waals surface area (Å²) in [4.78, 5) is 4.08. The lowest BCUT2D eigenvalue weighted by molar-refractivity contribution is 0.144. The second kappa shape index (κ2) is 6.90. The van der Waals surface area contributed by atoms with Gasteiger partial charge in [0, 0.05) is 30.4 Å². The van der Waals surface area contributed by atoms with E-state index in [1.54, 1.807) is 13.3 Å². The van der Waals surface area contributed by atoms with Gasteiger partial charge in [-0.05, 0) is 30.9 Å². The largest absolute Gasteiger partial charge is 0.493 e. The average Bonchev–Trinajstić information content (AvgIpc) is 3.33. The van der Waals surface area contributed by atoms with Crippen molar-refractivity contribution < 1.29 is 14.3 Å². The fraction of sp³-hybridized carbons (Fsp3) is 0.421. The highest BCUT2D eigenvalue weighted by Crippen LogP contribution is 2.30. The van der Waals surface area contributed by atoms with Crippen molar-refractivity contribution >= 4 is 11.0 Å². The van der Waals surface area contributed by atoms with E-state index in [1.807, 2.05) is 36.8 Å². The Labute approximate surface area is 146 Å². The number of hydrogen-bond acceptors (Lipinski definition) is 5. The Morgan fingerprint density at radius 3 is 3.12 bits per heavy atom. The first-order valence-corrected chi connectivity index (χ1v) is 8.65. The molecule has 1 aliphatic carbocycles. The molecule has 25 heavy (non-hydrogen) atoms. The molecule has 0 spiro atoms. The van der Waals surface area contributed by atoms with E-state index in [9.17, 15) is 5.11 Å². The molecule has 1 aliphatic rings. The van der Waals surface area contributed by atoms with Crippen molar-refractivity contribution in [2.45, 2.75) is 38.1 Å². The van der Waals surface area contributed by atoms with Gasteiger partial charge in [-0.1, -0.05) is 12.1 Å². The number of para-hydroxylation sites is 1. The van der Waals surface area contributed by atoms with Gasteiger partial charge in [-0.2, -0.15) is 0 Å². The predicted molar refractivity (Wildman–Crippen MR) is 94.4 cm³/mol. The van der Waals surface area contributed by atoms with Gasteiger partial charge in [-0.3, -0.25) is 0 Å². The first-order valence-electron chi connectivity index (χ1n) is 8.65. The Morgan fingerprint density at radius 1 is 1.40 bits per heavy atom. The number of rotatable bonds is 6. The van der Waals surface area contributed by atoms with Gasteiger partial charge < -0.3 is 24.1 Å². The Morgan fingerprint density at radius 2 is 2.32 bits per heavy atom. The van der Waals surface area contributed by atoms with Crippen LogP contribution in [0.5, 0.6) is 5.75 Å². The Balaban J connectivity index is 1.38. The molecule has 1 saturated carbocycles. The number of benzene rings is 1. The zero-order valence-corrected chi connectivity index (χ0v) is 14.3. The lowest BCUT2D eigenvalue weighted by atomic mass is 10.1. The highest BCUT2D eigenvalue weighted by atomic mass is 16.5. The molecule has 1 fully saturated rings. The maximum atomic E-state index is 10.3. The van der Waals surface area contributed by atoms with Crippen molar-refractivity contribution in [3.8, 4) is 5.75 Å². The van der Waals surface area contributed by atoms with Gasteiger partial charge in [0.05, 0.1) is 26.1 Å². The number of methoxy groups -OCH3 is 1. The summed E-state index contributed by atoms with van der Waals surface area (Å²) in [7, 11) is 1.64. The summed E-state index contributed by atoms with van der Waals surface area (Å²) in [5.74, 6) is 2.05. The van der Waals surface area contributed by atoms with Crippen molar-refractivity contribution in [3.63, 3.8) is 0 Å². The summed E-state index contributed by atoms with van der Waals surface area (Å²) in [5.41, 5.74) is 0.770. The standard InChI is InChI=1S/C19H23N3O3/c1-24-18-4-2-3-14-9-15(25-19(14)18)10-21-16-7-13(8-17(16)23)11-22-6-5-20-12-22/h2-6,9,12-13,16-17,21,23H,7-8,10-11H2,1H3/t13?,16-,17-/m1/s1. The van der Waals surface area contributed by atoms with E-state index < -0.39 is 0 Å². The number of nitrogens with zero attached hydrogens (tertiary/aromatic N) is 2. The van der Waals surface area contributed by atoms with E-state index in [0.717, 1.165) is 41.9 Å². The molecule has 1 aromatic carbocycles. The van der Waals surface area contributed by atoms with E-state index in [0.29, 0.717) is 12.5 Å². The fourth-order valence-corrected chi connectivity index (χ4v) is 3.75.